The van der Waals surface area contributed by atoms with E-state index in [0.29, 0.717) is 27.3 Å². The Morgan fingerprint density at radius 3 is 1.28 bits per heavy atom. The molecule has 796 valence electrons. The molecule has 2 saturated heterocycles. The zero-order valence-corrected chi connectivity index (χ0v) is 82.0. The summed E-state index contributed by atoms with van der Waals surface area (Å²) in [5.74, 6) is -18.8. The summed E-state index contributed by atoms with van der Waals surface area (Å²) >= 11 is 0. The number of urea groups is 3. The van der Waals surface area contributed by atoms with E-state index in [1.54, 1.807) is 36.4 Å². The van der Waals surface area contributed by atoms with Gasteiger partial charge < -0.3 is 173 Å². The molecular weight excluding hydrogens is 1930 g/mol. The van der Waals surface area contributed by atoms with Crippen LogP contribution in [0.1, 0.15) is 139 Å². The Labute approximate surface area is 844 Å². The number of rotatable bonds is 47. The van der Waals surface area contributed by atoms with Crippen molar-refractivity contribution in [3.05, 3.63) is 108 Å². The molecule has 0 unspecified atom stereocenters. The lowest BCUT2D eigenvalue weighted by molar-refractivity contribution is -0.142. The third-order valence-corrected chi connectivity index (χ3v) is 25.5. The van der Waals surface area contributed by atoms with Crippen molar-refractivity contribution in [2.75, 3.05) is 70.4 Å². The van der Waals surface area contributed by atoms with Gasteiger partial charge in [0.15, 0.2) is 23.8 Å². The van der Waals surface area contributed by atoms with Crippen molar-refractivity contribution < 1.29 is 96.8 Å². The molecule has 4 aromatic carbocycles. The van der Waals surface area contributed by atoms with Crippen LogP contribution in [0.4, 0.5) is 14.4 Å². The lowest BCUT2D eigenvalue weighted by Gasteiger charge is -2.31. The lowest BCUT2D eigenvalue weighted by Crippen LogP contribution is -2.61. The maximum atomic E-state index is 16.0. The smallest absolute Gasteiger partial charge is 0.326 e. The van der Waals surface area contributed by atoms with Crippen molar-refractivity contribution >= 4 is 157 Å². The Balaban J connectivity index is 1.62. The number of hydrogen-bond donors (Lipinski definition) is 35. The van der Waals surface area contributed by atoms with Crippen LogP contribution in [0, 0.1) is 21.6 Å². The molecule has 0 aliphatic carbocycles. The first-order chi connectivity index (χ1) is 69.1. The molecule has 0 spiro atoms. The topological polar surface area (TPSA) is 912 Å². The number of nitrogens with zero attached hydrogens (tertiary/aromatic N) is 1. The number of guanidine groups is 4. The number of carboxylic acids is 1. The monoisotopic (exact) mass is 2070 g/mol. The van der Waals surface area contributed by atoms with Gasteiger partial charge in [-0.25, -0.2) is 19.2 Å². The predicted octanol–water partition coefficient (Wildman–Crippen LogP) is -6.58. The number of nitrogens with two attached hydrogens (primary N) is 9. The van der Waals surface area contributed by atoms with E-state index in [0.717, 1.165) is 21.1 Å². The molecule has 2 fully saturated rings. The fourth-order valence-electron chi connectivity index (χ4n) is 15.5. The average molecular weight is 2070 g/mol. The van der Waals surface area contributed by atoms with Crippen LogP contribution in [-0.4, -0.2) is 300 Å². The van der Waals surface area contributed by atoms with Gasteiger partial charge in [0.05, 0.1) is 6.04 Å². The fourth-order valence-corrected chi connectivity index (χ4v) is 17.8. The molecule has 0 radical (unpaired) electrons. The first-order valence-corrected chi connectivity index (χ1v) is 49.9. The van der Waals surface area contributed by atoms with E-state index in [1.165, 1.54) is 48.5 Å². The molecule has 2 aliphatic heterocycles. The first kappa shape index (κ1) is 119. The highest BCUT2D eigenvalue weighted by Gasteiger charge is 2.43. The van der Waals surface area contributed by atoms with Crippen LogP contribution < -0.4 is 153 Å². The van der Waals surface area contributed by atoms with Gasteiger partial charge in [0, 0.05) is 83.1 Å². The largest absolute Gasteiger partial charge is 0.508 e. The lowest BCUT2D eigenvalue weighted by atomic mass is 10.00. The maximum absolute atomic E-state index is 16.0. The summed E-state index contributed by atoms with van der Waals surface area (Å²) in [5.41, 5.74) is 51.9. The summed E-state index contributed by atoms with van der Waals surface area (Å²) in [6, 6.07) is -3.18. The standard InChI is InChI=1S/C90H139N33O20S2/c91-34-4-3-16-57-73(129)116-62(21-10-41-110-90(103)143)82(138)123-42-12-23-69(123)81(137)120-65(45-50-27-32-55(125)33-28-50)77(133)115-60(19-8-37-106-86(97)98)72(128)113-61(20-9-40-109-89(102)142)75(131)121-67(79(135)117-63(83(139)140)22-11-38-107-87(99)100)47-144-145-48-68(80(136)119-64(44-49-25-30-54(124)31-26-49)76(132)114-59(71(127)112-57)18-7-36-105-85(95)96)122-78(134)66(46-51-24-29-52-13-1-2-14-53(52)43-51)118-74(130)58(17-6-35-104-84(93)94)111-70(126)56(92)15-5-39-108-88(101)141/h1-2,13-14,24-33,43,56-69,124-125H,3-12,15-23,34-42,44-48,91-92H2,(H,111,126)(H,112,127)(H,113,128)(H,114,132)(H,115,133)(H,116,129)(H,117,135)(H,118,130)(H,119,136)(H,120,137)(H,121,131)(H,122,134)(H,139,140)(H4,93,94,104)(H4,95,96,105)(H4,97,98,106)(H4,99,100,107)(H3,101,108,141)(H3,102,109,142)(H3,103,110,143)/t56-,57-,58-,59-,60-,61-,62+,63-,64-,65-,66-,67-,68-,69-/m0/s1. The van der Waals surface area contributed by atoms with E-state index in [2.05, 4.69) is 101 Å². The van der Waals surface area contributed by atoms with E-state index in [1.807, 2.05) is 6.07 Å². The molecular formula is C90H139N33O20S2. The summed E-state index contributed by atoms with van der Waals surface area (Å²) in [6.45, 7) is -0.678. The quantitative estimate of drug-likeness (QED) is 0.00846. The molecule has 53 nitrogen and oxygen atoms in total. The van der Waals surface area contributed by atoms with Crippen LogP contribution in [0.25, 0.3) is 10.8 Å². The van der Waals surface area contributed by atoms with Gasteiger partial charge in [-0.2, -0.15) is 0 Å². The number of aliphatic carboxylic acids is 1. The predicted molar refractivity (Wildman–Crippen MR) is 540 cm³/mol. The number of carbonyl (C=O) groups is 17. The van der Waals surface area contributed by atoms with Gasteiger partial charge in [0.2, 0.25) is 76.8 Å². The minimum atomic E-state index is -1.93. The van der Waals surface area contributed by atoms with Crippen molar-refractivity contribution in [2.45, 2.75) is 226 Å². The summed E-state index contributed by atoms with van der Waals surface area (Å²) in [4.78, 5) is 249. The Morgan fingerprint density at radius 2 is 0.800 bits per heavy atom. The molecule has 0 bridgehead atoms. The van der Waals surface area contributed by atoms with E-state index < -0.39 is 234 Å². The average Bonchev–Trinajstić information content (AvgIpc) is 1.75. The molecule has 2 heterocycles. The van der Waals surface area contributed by atoms with E-state index in [-0.39, 0.29) is 204 Å². The van der Waals surface area contributed by atoms with Gasteiger partial charge in [0.25, 0.3) is 0 Å². The number of unbranched alkanes of at least 4 members (excludes halogenated alkanes) is 1. The number of phenolic OH excluding ortho intramolecular Hbond substituents is 2. The molecule has 14 atom stereocenters. The minimum absolute atomic E-state index is 0.00688. The van der Waals surface area contributed by atoms with Gasteiger partial charge in [-0.15, -0.1) is 0 Å². The van der Waals surface area contributed by atoms with Crippen molar-refractivity contribution in [1.29, 1.82) is 21.6 Å². The first-order valence-electron chi connectivity index (χ1n) is 47.4. The van der Waals surface area contributed by atoms with Gasteiger partial charge in [-0.3, -0.25) is 84.0 Å². The fraction of sp³-hybridized carbons (Fsp3) is 0.522. The molecule has 19 amide bonds. The van der Waals surface area contributed by atoms with Crippen molar-refractivity contribution in [3.63, 3.8) is 0 Å². The molecule has 0 aromatic heterocycles. The van der Waals surface area contributed by atoms with Crippen LogP contribution in [0.15, 0.2) is 91.0 Å². The Kier molecular flexibility index (Phi) is 51.5. The minimum Gasteiger partial charge on any atom is -0.508 e. The third-order valence-electron chi connectivity index (χ3n) is 23.1. The third kappa shape index (κ3) is 44.5. The summed E-state index contributed by atoms with van der Waals surface area (Å²) < 4.78 is 0. The van der Waals surface area contributed by atoms with E-state index in [9.17, 15) is 39.3 Å². The molecule has 4 aromatic rings. The number of aromatic hydroxyl groups is 2. The van der Waals surface area contributed by atoms with Crippen LogP contribution in [0.3, 0.4) is 0 Å². The second-order valence-electron chi connectivity index (χ2n) is 34.6. The SMILES string of the molecule is N=C(N)NCCC[C@H](NC(=O)[C@@H]1CSSC[C@H](NC(=O)[C@H](Cc2ccc3ccccc3c2)NC(=O)[C@H](CCCNC(=N)N)NC(=O)[C@@H](N)CCCNC(N)=O)C(=O)N[C@@H](Cc2ccc(O)cc2)C(=O)N[C@@H](CCCNC(=N)N)C(=O)N[C@@H](CCCCN)C(=O)N[C@H](CCCNC(N)=O)C(=O)N2CCC[C@H]2C(=O)N[C@@H](Cc2ccc(O)cc2)C(=O)N[C@@H](CCCNC(=N)N)C(=O)N[C@@H](CCCNC(N)=O)C(=O)N1)C(=O)O. The maximum Gasteiger partial charge on any atom is 0.326 e. The number of phenols is 2. The summed E-state index contributed by atoms with van der Waals surface area (Å²) in [6.07, 6.45) is -2.95. The highest BCUT2D eigenvalue weighted by atomic mass is 33.1. The zero-order chi connectivity index (χ0) is 107. The zero-order valence-electron chi connectivity index (χ0n) is 80.3. The second-order valence-corrected chi connectivity index (χ2v) is 37.1. The normalized spacial score (nSPS) is 20.0. The molecule has 2 aliphatic rings. The van der Waals surface area contributed by atoms with E-state index >= 15 is 57.5 Å². The molecule has 145 heavy (non-hydrogen) atoms. The number of carboxylic acid groups (broad SMARTS) is 1. The summed E-state index contributed by atoms with van der Waals surface area (Å²) in [5, 5.41) is 114. The highest BCUT2D eigenvalue weighted by molar-refractivity contribution is 8.76. The van der Waals surface area contributed by atoms with Crippen molar-refractivity contribution in [3.8, 4) is 11.5 Å². The van der Waals surface area contributed by atoms with Crippen molar-refractivity contribution in [1.82, 2.24) is 106 Å². The van der Waals surface area contributed by atoms with E-state index in [4.69, 9.17) is 73.2 Å². The van der Waals surface area contributed by atoms with Crippen LogP contribution in [0.2, 0.25) is 0 Å². The number of primary amides is 3. The number of benzene rings is 4. The Hall–Kier alpha value is -15.2. The van der Waals surface area contributed by atoms with Crippen LogP contribution in [-0.2, 0) is 86.4 Å². The highest BCUT2D eigenvalue weighted by Crippen LogP contribution is 2.27. The Bertz CT molecular complexity index is 5090. The summed E-state index contributed by atoms with van der Waals surface area (Å²) in [7, 11) is 1.43. The number of hydrogen-bond acceptors (Lipinski definition) is 27. The Morgan fingerprint density at radius 1 is 0.407 bits per heavy atom. The number of fused-ring (bicyclic) bond motifs is 2. The number of nitrogens with one attached hydrogen (secondary N) is 23. The van der Waals surface area contributed by atoms with Gasteiger partial charge in [-0.1, -0.05) is 88.3 Å². The molecule has 0 saturated carbocycles. The molecule has 55 heteroatoms. The molecule has 6 rings (SSSR count). The van der Waals surface area contributed by atoms with Gasteiger partial charge in [-0.05, 0) is 180 Å². The number of carbonyl (C=O) groups excluding carboxylic acids is 16. The molecule has 44 N–H and O–H groups in total. The van der Waals surface area contributed by atoms with Crippen LogP contribution in [0.5, 0.6) is 11.5 Å². The van der Waals surface area contributed by atoms with Crippen LogP contribution >= 0.6 is 21.6 Å². The van der Waals surface area contributed by atoms with Crippen molar-refractivity contribution in [2.24, 2.45) is 51.6 Å². The number of amides is 19. The second kappa shape index (κ2) is 63.0. The van der Waals surface area contributed by atoms with Gasteiger partial charge >= 0.3 is 24.1 Å². The van der Waals surface area contributed by atoms with Gasteiger partial charge in [0.1, 0.15) is 90.0 Å².